The van der Waals surface area contributed by atoms with Gasteiger partial charge in [-0.2, -0.15) is 0 Å². The second-order valence-electron chi connectivity index (χ2n) is 4.78. The van der Waals surface area contributed by atoms with Crippen molar-refractivity contribution >= 4 is 17.5 Å². The van der Waals surface area contributed by atoms with E-state index < -0.39 is 23.0 Å². The molecule has 7 heteroatoms. The highest BCUT2D eigenvalue weighted by Gasteiger charge is 2.31. The fourth-order valence-corrected chi connectivity index (χ4v) is 2.21. The number of nitrogens with one attached hydrogen (secondary N) is 1. The molecule has 6 N–H and O–H groups in total. The summed E-state index contributed by atoms with van der Waals surface area (Å²) in [5.74, 6) is -3.23. The molecule has 2 aromatic carbocycles. The number of carbonyl (C=O) groups excluding carboxylic acids is 1. The third-order valence-corrected chi connectivity index (χ3v) is 3.31. The lowest BCUT2D eigenvalue weighted by atomic mass is 10.1. The number of rotatable bonds is 1. The van der Waals surface area contributed by atoms with Gasteiger partial charge in [-0.1, -0.05) is 6.07 Å². The Morgan fingerprint density at radius 2 is 1.59 bits per heavy atom. The Morgan fingerprint density at radius 3 is 2.27 bits per heavy atom. The molecule has 0 spiro atoms. The summed E-state index contributed by atoms with van der Waals surface area (Å²) in [6.07, 6.45) is 1.40. The maximum absolute atomic E-state index is 12.2. The number of hydrogen-bond acceptors (Lipinski definition) is 7. The van der Waals surface area contributed by atoms with Crippen LogP contribution >= 0.6 is 0 Å². The van der Waals surface area contributed by atoms with E-state index in [9.17, 15) is 30.3 Å². The quantitative estimate of drug-likeness (QED) is 0.269. The molecule has 1 heterocycles. The topological polar surface area (TPSA) is 130 Å². The van der Waals surface area contributed by atoms with Gasteiger partial charge in [0.1, 0.15) is 0 Å². The minimum absolute atomic E-state index is 0.0837. The summed E-state index contributed by atoms with van der Waals surface area (Å²) in [5.41, 5.74) is 0.531. The van der Waals surface area contributed by atoms with Gasteiger partial charge >= 0.3 is 0 Å². The van der Waals surface area contributed by atoms with Crippen LogP contribution in [0.1, 0.15) is 15.9 Å². The van der Waals surface area contributed by atoms with E-state index in [4.69, 9.17) is 0 Å². The zero-order chi connectivity index (χ0) is 16.0. The number of anilines is 1. The smallest absolute Gasteiger partial charge is 0.215 e. The number of Topliss-reactive ketones (excluding diaryl/α,β-unsaturated/α-hetero) is 1. The predicted molar refractivity (Wildman–Crippen MR) is 77.1 cm³/mol. The van der Waals surface area contributed by atoms with Crippen LogP contribution in [0.2, 0.25) is 0 Å². The Bertz CT molecular complexity index is 840. The molecule has 1 aliphatic heterocycles. The van der Waals surface area contributed by atoms with Crippen molar-refractivity contribution in [3.05, 3.63) is 41.1 Å². The number of aromatic hydroxyl groups is 5. The van der Waals surface area contributed by atoms with Crippen molar-refractivity contribution in [3.63, 3.8) is 0 Å². The van der Waals surface area contributed by atoms with Crippen molar-refractivity contribution < 1.29 is 30.3 Å². The molecular formula is C15H11NO6. The first-order chi connectivity index (χ1) is 10.4. The van der Waals surface area contributed by atoms with E-state index >= 15 is 0 Å². The maximum atomic E-state index is 12.2. The average molecular weight is 301 g/mol. The van der Waals surface area contributed by atoms with Gasteiger partial charge in [-0.15, -0.1) is 0 Å². The Hall–Kier alpha value is -3.35. The molecule has 0 aromatic heterocycles. The zero-order valence-corrected chi connectivity index (χ0v) is 11.0. The van der Waals surface area contributed by atoms with Crippen LogP contribution in [0, 0.1) is 0 Å². The predicted octanol–water partition coefficient (Wildman–Crippen LogP) is 1.86. The summed E-state index contributed by atoms with van der Waals surface area (Å²) < 4.78 is 0. The molecule has 3 rings (SSSR count). The molecule has 0 amide bonds. The molecular weight excluding hydrogens is 290 g/mol. The summed E-state index contributed by atoms with van der Waals surface area (Å²) >= 11 is 0. The summed E-state index contributed by atoms with van der Waals surface area (Å²) in [7, 11) is 0. The molecule has 0 radical (unpaired) electrons. The van der Waals surface area contributed by atoms with Crippen LogP contribution in [0.5, 0.6) is 28.7 Å². The minimum atomic E-state index is -0.766. The maximum Gasteiger partial charge on any atom is 0.215 e. The lowest BCUT2D eigenvalue weighted by Gasteiger charge is -2.04. The number of ketones is 1. The first-order valence-corrected chi connectivity index (χ1v) is 6.21. The highest BCUT2D eigenvalue weighted by Crippen LogP contribution is 2.46. The van der Waals surface area contributed by atoms with Crippen molar-refractivity contribution in [2.24, 2.45) is 0 Å². The highest BCUT2D eigenvalue weighted by molar-refractivity contribution is 6.22. The SMILES string of the molecule is O=C1C(=Cc2ccc(O)c(O)c2)Nc2cc(O)c(O)c(O)c21. The minimum Gasteiger partial charge on any atom is -0.504 e. The molecule has 22 heavy (non-hydrogen) atoms. The lowest BCUT2D eigenvalue weighted by molar-refractivity contribution is 0.103. The summed E-state index contributed by atoms with van der Waals surface area (Å²) in [4.78, 5) is 12.2. The molecule has 0 fully saturated rings. The summed E-state index contributed by atoms with van der Waals surface area (Å²) in [6.45, 7) is 0. The van der Waals surface area contributed by atoms with E-state index in [1.807, 2.05) is 0 Å². The fraction of sp³-hybridized carbons (Fsp3) is 0. The van der Waals surface area contributed by atoms with E-state index in [1.54, 1.807) is 0 Å². The van der Waals surface area contributed by atoms with Crippen LogP contribution in [0.15, 0.2) is 30.0 Å². The van der Waals surface area contributed by atoms with Gasteiger partial charge in [0.15, 0.2) is 23.0 Å². The number of benzene rings is 2. The number of hydrogen-bond donors (Lipinski definition) is 6. The normalized spacial score (nSPS) is 14.9. The van der Waals surface area contributed by atoms with Crippen molar-refractivity contribution in [1.82, 2.24) is 0 Å². The number of phenolic OH excluding ortho intramolecular Hbond substituents is 5. The molecule has 2 aromatic rings. The highest BCUT2D eigenvalue weighted by atomic mass is 16.3. The molecule has 0 saturated carbocycles. The van der Waals surface area contributed by atoms with Gasteiger partial charge in [-0.3, -0.25) is 4.79 Å². The second kappa shape index (κ2) is 4.59. The number of fused-ring (bicyclic) bond motifs is 1. The van der Waals surface area contributed by atoms with E-state index in [0.29, 0.717) is 5.56 Å². The first-order valence-electron chi connectivity index (χ1n) is 6.21. The van der Waals surface area contributed by atoms with E-state index in [0.717, 1.165) is 6.07 Å². The van der Waals surface area contributed by atoms with Crippen LogP contribution in [0.3, 0.4) is 0 Å². The van der Waals surface area contributed by atoms with Gasteiger partial charge in [-0.05, 0) is 23.8 Å². The standard InChI is InChI=1S/C15H11NO6/c17-9-2-1-6(4-10(9)18)3-8-13(20)12-7(16-8)5-11(19)14(21)15(12)22/h1-5,16-19,21-22H. The van der Waals surface area contributed by atoms with Gasteiger partial charge in [-0.25, -0.2) is 0 Å². The van der Waals surface area contributed by atoms with Crippen LogP contribution in [0.4, 0.5) is 5.69 Å². The Kier molecular flexibility index (Phi) is 2.84. The fourth-order valence-electron chi connectivity index (χ4n) is 2.21. The van der Waals surface area contributed by atoms with E-state index in [1.165, 1.54) is 24.3 Å². The van der Waals surface area contributed by atoms with Crippen LogP contribution < -0.4 is 5.32 Å². The van der Waals surface area contributed by atoms with E-state index in [-0.39, 0.29) is 28.4 Å². The molecule has 0 unspecified atom stereocenters. The molecule has 0 saturated heterocycles. The Balaban J connectivity index is 2.05. The second-order valence-corrected chi connectivity index (χ2v) is 4.78. The third-order valence-electron chi connectivity index (χ3n) is 3.31. The largest absolute Gasteiger partial charge is 0.504 e. The van der Waals surface area contributed by atoms with Gasteiger partial charge < -0.3 is 30.8 Å². The average Bonchev–Trinajstić information content (AvgIpc) is 2.77. The molecule has 0 aliphatic carbocycles. The molecule has 0 bridgehead atoms. The summed E-state index contributed by atoms with van der Waals surface area (Å²) in [5, 5.41) is 50.1. The van der Waals surface area contributed by atoms with Crippen molar-refractivity contribution in [2.75, 3.05) is 5.32 Å². The molecule has 0 atom stereocenters. The Morgan fingerprint density at radius 1 is 0.864 bits per heavy atom. The molecule has 112 valence electrons. The summed E-state index contributed by atoms with van der Waals surface area (Å²) in [6, 6.07) is 5.13. The third kappa shape index (κ3) is 1.96. The zero-order valence-electron chi connectivity index (χ0n) is 11.0. The number of phenols is 5. The Labute approximate surface area is 124 Å². The van der Waals surface area contributed by atoms with Crippen LogP contribution in [-0.2, 0) is 0 Å². The van der Waals surface area contributed by atoms with Gasteiger partial charge in [0.25, 0.3) is 0 Å². The van der Waals surface area contributed by atoms with Gasteiger partial charge in [0.05, 0.1) is 16.9 Å². The number of allylic oxidation sites excluding steroid dienone is 1. The van der Waals surface area contributed by atoms with Crippen LogP contribution in [0.25, 0.3) is 6.08 Å². The molecule has 1 aliphatic rings. The van der Waals surface area contributed by atoms with Gasteiger partial charge in [0.2, 0.25) is 11.5 Å². The van der Waals surface area contributed by atoms with Crippen molar-refractivity contribution in [1.29, 1.82) is 0 Å². The van der Waals surface area contributed by atoms with Gasteiger partial charge in [0, 0.05) is 6.07 Å². The number of carbonyl (C=O) groups is 1. The molecule has 7 nitrogen and oxygen atoms in total. The lowest BCUT2D eigenvalue weighted by Crippen LogP contribution is -1.99. The van der Waals surface area contributed by atoms with E-state index in [2.05, 4.69) is 5.32 Å². The monoisotopic (exact) mass is 301 g/mol. The van der Waals surface area contributed by atoms with Crippen LogP contribution in [-0.4, -0.2) is 31.3 Å². The van der Waals surface area contributed by atoms with Crippen molar-refractivity contribution in [2.45, 2.75) is 0 Å². The van der Waals surface area contributed by atoms with Crippen molar-refractivity contribution in [3.8, 4) is 28.7 Å². The first kappa shape index (κ1) is 13.6.